The molecule has 13 N–H and O–H groups in total. The number of rotatable bonds is 21. The van der Waals surface area contributed by atoms with E-state index in [0.29, 0.717) is 18.4 Å². The van der Waals surface area contributed by atoms with Crippen molar-refractivity contribution in [2.24, 2.45) is 34.0 Å². The summed E-state index contributed by atoms with van der Waals surface area (Å²) in [5.41, 5.74) is 17.3. The highest BCUT2D eigenvalue weighted by atomic mass is 16.4. The Bertz CT molecular complexity index is 1270. The second-order valence-corrected chi connectivity index (χ2v) is 11.9. The number of aliphatic imine (C=N–C) groups is 1. The third-order valence-corrected chi connectivity index (χ3v) is 7.35. The van der Waals surface area contributed by atoms with Crippen molar-refractivity contribution in [2.45, 2.75) is 84.0 Å². The molecule has 17 nitrogen and oxygen atoms in total. The fourth-order valence-electron chi connectivity index (χ4n) is 4.40. The van der Waals surface area contributed by atoms with Gasteiger partial charge in [-0.25, -0.2) is 4.79 Å². The molecule has 0 spiro atoms. The van der Waals surface area contributed by atoms with Gasteiger partial charge in [-0.2, -0.15) is 0 Å². The van der Waals surface area contributed by atoms with Gasteiger partial charge in [0, 0.05) is 13.0 Å². The minimum absolute atomic E-state index is 0.00112. The molecule has 1 rings (SSSR count). The SMILES string of the molecule is CC[C@H](C)[C@H](N)C(=O)N[C@@H](CC(C)C)C(=O)NCC(=O)N[C@@H](CCCN=C(N)N)C(=O)NCC(=O)N[C@@H](Cc1ccc(O)cc1)C(=O)O. The van der Waals surface area contributed by atoms with Gasteiger partial charge in [-0.15, -0.1) is 0 Å². The van der Waals surface area contributed by atoms with Crippen molar-refractivity contribution in [3.05, 3.63) is 29.8 Å². The summed E-state index contributed by atoms with van der Waals surface area (Å²) in [6.07, 6.45) is 1.22. The number of phenols is 1. The van der Waals surface area contributed by atoms with Crippen molar-refractivity contribution >= 4 is 41.5 Å². The molecule has 0 aliphatic heterocycles. The molecular weight excluding hydrogens is 626 g/mol. The van der Waals surface area contributed by atoms with E-state index >= 15 is 0 Å². The highest BCUT2D eigenvalue weighted by Crippen LogP contribution is 2.12. The first kappa shape index (κ1) is 41.1. The van der Waals surface area contributed by atoms with Crippen LogP contribution in [-0.4, -0.2) is 95.5 Å². The molecule has 0 aromatic heterocycles. The van der Waals surface area contributed by atoms with E-state index < -0.39 is 72.8 Å². The molecule has 0 aliphatic carbocycles. The first-order chi connectivity index (χ1) is 22.5. The lowest BCUT2D eigenvalue weighted by Crippen LogP contribution is -2.55. The molecule has 5 atom stereocenters. The molecule has 48 heavy (non-hydrogen) atoms. The van der Waals surface area contributed by atoms with Crippen LogP contribution in [0.5, 0.6) is 5.75 Å². The van der Waals surface area contributed by atoms with Gasteiger partial charge < -0.3 is 54.0 Å². The molecule has 0 radical (unpaired) electrons. The van der Waals surface area contributed by atoms with E-state index in [4.69, 9.17) is 17.2 Å². The Hall–Kier alpha value is -4.93. The molecular formula is C31H51N9O8. The van der Waals surface area contributed by atoms with Gasteiger partial charge in [-0.05, 0) is 48.8 Å². The topological polar surface area (TPSA) is 293 Å². The van der Waals surface area contributed by atoms with Crippen molar-refractivity contribution in [3.8, 4) is 5.75 Å². The van der Waals surface area contributed by atoms with Crippen LogP contribution in [0, 0.1) is 11.8 Å². The average molecular weight is 678 g/mol. The monoisotopic (exact) mass is 677 g/mol. The van der Waals surface area contributed by atoms with Gasteiger partial charge in [0.2, 0.25) is 29.5 Å². The molecule has 0 bridgehead atoms. The lowest BCUT2D eigenvalue weighted by Gasteiger charge is -2.24. The third kappa shape index (κ3) is 16.1. The van der Waals surface area contributed by atoms with E-state index in [-0.39, 0.29) is 49.4 Å². The first-order valence-electron chi connectivity index (χ1n) is 15.8. The number of nitrogens with one attached hydrogen (secondary N) is 5. The van der Waals surface area contributed by atoms with E-state index in [0.717, 1.165) is 0 Å². The minimum Gasteiger partial charge on any atom is -0.508 e. The van der Waals surface area contributed by atoms with Crippen LogP contribution in [0.1, 0.15) is 58.9 Å². The van der Waals surface area contributed by atoms with Crippen LogP contribution >= 0.6 is 0 Å². The van der Waals surface area contributed by atoms with Crippen molar-refractivity contribution in [3.63, 3.8) is 0 Å². The number of hydrogen-bond donors (Lipinski definition) is 10. The number of aliphatic carboxylic acids is 1. The summed E-state index contributed by atoms with van der Waals surface area (Å²) in [4.78, 5) is 79.5. The molecule has 0 fully saturated rings. The van der Waals surface area contributed by atoms with Crippen LogP contribution in [0.4, 0.5) is 0 Å². The van der Waals surface area contributed by atoms with E-state index in [1.165, 1.54) is 24.3 Å². The lowest BCUT2D eigenvalue weighted by molar-refractivity contribution is -0.141. The molecule has 0 saturated carbocycles. The zero-order valence-corrected chi connectivity index (χ0v) is 28.0. The summed E-state index contributed by atoms with van der Waals surface area (Å²) in [5.74, 6) is -4.88. The summed E-state index contributed by atoms with van der Waals surface area (Å²) in [6, 6.07) is 1.57. The Kier molecular flexibility index (Phi) is 18.0. The van der Waals surface area contributed by atoms with Gasteiger partial charge in [0.1, 0.15) is 23.9 Å². The summed E-state index contributed by atoms with van der Waals surface area (Å²) in [6.45, 7) is 6.50. The van der Waals surface area contributed by atoms with Crippen LogP contribution in [-0.2, 0) is 35.2 Å². The Morgan fingerprint density at radius 1 is 0.812 bits per heavy atom. The van der Waals surface area contributed by atoms with Gasteiger partial charge in [-0.1, -0.05) is 46.2 Å². The molecule has 5 amide bonds. The number of benzene rings is 1. The number of carboxylic acid groups (broad SMARTS) is 1. The molecule has 17 heteroatoms. The second kappa shape index (κ2) is 21.0. The predicted octanol–water partition coefficient (Wildman–Crippen LogP) is -1.82. The number of nitrogens with two attached hydrogens (primary N) is 3. The summed E-state index contributed by atoms with van der Waals surface area (Å²) in [5, 5.41) is 31.3. The Morgan fingerprint density at radius 2 is 1.35 bits per heavy atom. The minimum atomic E-state index is -1.31. The number of phenolic OH excluding ortho intramolecular Hbond substituents is 1. The van der Waals surface area contributed by atoms with Gasteiger partial charge in [0.25, 0.3) is 0 Å². The summed E-state index contributed by atoms with van der Waals surface area (Å²) in [7, 11) is 0. The van der Waals surface area contributed by atoms with E-state index in [9.17, 15) is 39.0 Å². The molecule has 0 saturated heterocycles. The van der Waals surface area contributed by atoms with Gasteiger partial charge in [0.05, 0.1) is 19.1 Å². The van der Waals surface area contributed by atoms with Crippen LogP contribution in [0.2, 0.25) is 0 Å². The maximum absolute atomic E-state index is 13.0. The highest BCUT2D eigenvalue weighted by Gasteiger charge is 2.28. The quantitative estimate of drug-likeness (QED) is 0.0392. The fourth-order valence-corrected chi connectivity index (χ4v) is 4.40. The first-order valence-corrected chi connectivity index (χ1v) is 15.8. The number of hydrogen-bond acceptors (Lipinski definition) is 9. The van der Waals surface area contributed by atoms with E-state index in [1.807, 2.05) is 27.7 Å². The molecule has 0 unspecified atom stereocenters. The number of aromatic hydroxyl groups is 1. The Labute approximate surface area is 280 Å². The average Bonchev–Trinajstić information content (AvgIpc) is 3.02. The number of nitrogens with zero attached hydrogens (tertiary/aromatic N) is 1. The van der Waals surface area contributed by atoms with E-state index in [2.05, 4.69) is 31.6 Å². The maximum Gasteiger partial charge on any atom is 0.326 e. The standard InChI is InChI=1S/C31H51N9O8/c1-5-18(4)26(32)29(46)40-22(13-17(2)3)28(45)37-15-24(42)38-21(7-6-12-35-31(33)34)27(44)36-16-25(43)39-23(30(47)48)14-19-8-10-20(41)11-9-19/h8-11,17-18,21-23,26,41H,5-7,12-16,32H2,1-4H3,(H,36,44)(H,37,45)(H,38,42)(H,39,43)(H,40,46)(H,47,48)(H4,33,34,35)/t18-,21-,22-,23-,26-/m0/s1. The Morgan fingerprint density at radius 3 is 1.85 bits per heavy atom. The molecule has 1 aromatic carbocycles. The largest absolute Gasteiger partial charge is 0.508 e. The highest BCUT2D eigenvalue weighted by molar-refractivity contribution is 5.94. The fraction of sp³-hybridized carbons (Fsp3) is 0.581. The second-order valence-electron chi connectivity index (χ2n) is 11.9. The zero-order chi connectivity index (χ0) is 36.4. The van der Waals surface area contributed by atoms with Gasteiger partial charge >= 0.3 is 5.97 Å². The molecule has 268 valence electrons. The molecule has 1 aromatic rings. The van der Waals surface area contributed by atoms with Crippen molar-refractivity contribution in [1.29, 1.82) is 0 Å². The van der Waals surface area contributed by atoms with Crippen molar-refractivity contribution in [2.75, 3.05) is 19.6 Å². The van der Waals surface area contributed by atoms with Crippen molar-refractivity contribution < 1.29 is 39.0 Å². The van der Waals surface area contributed by atoms with Crippen LogP contribution in [0.15, 0.2) is 29.3 Å². The van der Waals surface area contributed by atoms with Gasteiger partial charge in [-0.3, -0.25) is 29.0 Å². The Balaban J connectivity index is 2.85. The van der Waals surface area contributed by atoms with Gasteiger partial charge in [0.15, 0.2) is 5.96 Å². The maximum atomic E-state index is 13.0. The molecule has 0 aliphatic rings. The number of carboxylic acids is 1. The van der Waals surface area contributed by atoms with E-state index in [1.54, 1.807) is 0 Å². The number of guanidine groups is 1. The number of carbonyl (C=O) groups is 6. The number of amides is 5. The lowest BCUT2D eigenvalue weighted by atomic mass is 9.97. The van der Waals surface area contributed by atoms with Crippen molar-refractivity contribution in [1.82, 2.24) is 26.6 Å². The molecule has 0 heterocycles. The zero-order valence-electron chi connectivity index (χ0n) is 28.0. The summed E-state index contributed by atoms with van der Waals surface area (Å²) < 4.78 is 0. The van der Waals surface area contributed by atoms with Crippen LogP contribution in [0.3, 0.4) is 0 Å². The predicted molar refractivity (Wildman–Crippen MR) is 178 cm³/mol. The normalized spacial score (nSPS) is 14.0. The summed E-state index contributed by atoms with van der Waals surface area (Å²) >= 11 is 0. The number of carbonyl (C=O) groups excluding carboxylic acids is 5. The smallest absolute Gasteiger partial charge is 0.326 e. The van der Waals surface area contributed by atoms with Crippen LogP contribution < -0.4 is 43.8 Å². The third-order valence-electron chi connectivity index (χ3n) is 7.35. The van der Waals surface area contributed by atoms with Crippen LogP contribution in [0.25, 0.3) is 0 Å².